The second-order valence-electron chi connectivity index (χ2n) is 3.63. The first kappa shape index (κ1) is 14.9. The third kappa shape index (κ3) is 3.53. The van der Waals surface area contributed by atoms with Crippen LogP contribution in [-0.2, 0) is 0 Å². The average Bonchev–Trinajstić information content (AvgIpc) is 2.81. The molecule has 0 saturated heterocycles. The van der Waals surface area contributed by atoms with E-state index in [0.29, 0.717) is 9.69 Å². The first-order chi connectivity index (χ1) is 9.47. The molecule has 0 atom stereocenters. The zero-order valence-corrected chi connectivity index (χ0v) is 12.8. The maximum Gasteiger partial charge on any atom is 0.307 e. The Kier molecular flexibility index (Phi) is 4.69. The summed E-state index contributed by atoms with van der Waals surface area (Å²) >= 11 is 14.6. The molecule has 0 bridgehead atoms. The molecule has 0 radical (unpaired) electrons. The molecule has 5 nitrogen and oxygen atoms in total. The van der Waals surface area contributed by atoms with Gasteiger partial charge in [0.05, 0.1) is 11.2 Å². The number of phenols is 1. The molecule has 2 rings (SSSR count). The van der Waals surface area contributed by atoms with Crippen LogP contribution in [0.25, 0.3) is 0 Å². The van der Waals surface area contributed by atoms with E-state index in [1.54, 1.807) is 6.07 Å². The van der Waals surface area contributed by atoms with E-state index in [2.05, 4.69) is 26.5 Å². The number of furan rings is 1. The number of halogens is 3. The van der Waals surface area contributed by atoms with Crippen molar-refractivity contribution in [2.45, 2.75) is 0 Å². The maximum absolute atomic E-state index is 11.6. The molecule has 0 unspecified atom stereocenters. The largest absolute Gasteiger partial charge is 0.506 e. The lowest BCUT2D eigenvalue weighted by Gasteiger charge is -2.02. The van der Waals surface area contributed by atoms with Gasteiger partial charge in [0.15, 0.2) is 10.4 Å². The Morgan fingerprint density at radius 3 is 2.80 bits per heavy atom. The van der Waals surface area contributed by atoms with Gasteiger partial charge in [-0.15, -0.1) is 0 Å². The summed E-state index contributed by atoms with van der Waals surface area (Å²) in [5.74, 6) is -0.600. The second-order valence-corrected chi connectivity index (χ2v) is 5.25. The van der Waals surface area contributed by atoms with Crippen LogP contribution in [0.15, 0.2) is 38.5 Å². The molecule has 1 aromatic heterocycles. The van der Waals surface area contributed by atoms with E-state index in [0.717, 1.165) is 0 Å². The Bertz CT molecular complexity index is 685. The van der Waals surface area contributed by atoms with Crippen molar-refractivity contribution >= 4 is 51.3 Å². The summed E-state index contributed by atoms with van der Waals surface area (Å²) < 4.78 is 5.49. The van der Waals surface area contributed by atoms with Gasteiger partial charge in [0, 0.05) is 10.6 Å². The molecule has 0 fully saturated rings. The zero-order chi connectivity index (χ0) is 14.7. The molecule has 20 heavy (non-hydrogen) atoms. The molecule has 2 N–H and O–H groups in total. The summed E-state index contributed by atoms with van der Waals surface area (Å²) in [4.78, 5) is 11.6. The number of nitrogens with zero attached hydrogens (tertiary/aromatic N) is 1. The summed E-state index contributed by atoms with van der Waals surface area (Å²) in [6.07, 6.45) is 1.23. The number of hydrogen-bond acceptors (Lipinski definition) is 4. The fourth-order valence-electron chi connectivity index (χ4n) is 1.34. The Hall–Kier alpha value is -1.50. The zero-order valence-electron chi connectivity index (χ0n) is 9.73. The summed E-state index contributed by atoms with van der Waals surface area (Å²) in [6.45, 7) is 0. The fraction of sp³-hybridized carbons (Fsp3) is 0. The Morgan fingerprint density at radius 2 is 2.15 bits per heavy atom. The molecule has 8 heteroatoms. The molecule has 104 valence electrons. The molecular formula is C12H7BrCl2N2O3. The van der Waals surface area contributed by atoms with Crippen LogP contribution in [0, 0.1) is 0 Å². The van der Waals surface area contributed by atoms with Gasteiger partial charge >= 0.3 is 5.91 Å². The van der Waals surface area contributed by atoms with Crippen molar-refractivity contribution in [3.05, 3.63) is 50.3 Å². The highest BCUT2D eigenvalue weighted by atomic mass is 79.9. The Morgan fingerprint density at radius 1 is 1.40 bits per heavy atom. The molecular weight excluding hydrogens is 371 g/mol. The van der Waals surface area contributed by atoms with Crippen LogP contribution < -0.4 is 5.43 Å². The van der Waals surface area contributed by atoms with Crippen LogP contribution in [0.4, 0.5) is 0 Å². The number of phenolic OH excluding ortho intramolecular Hbond substituents is 1. The minimum absolute atomic E-state index is 0.0974. The normalized spacial score (nSPS) is 10.9. The molecule has 1 aromatic carbocycles. The summed E-state index contributed by atoms with van der Waals surface area (Å²) in [5.41, 5.74) is 2.53. The summed E-state index contributed by atoms with van der Waals surface area (Å²) in [7, 11) is 0. The van der Waals surface area contributed by atoms with Crippen LogP contribution in [0.2, 0.25) is 10.0 Å². The van der Waals surface area contributed by atoms with Crippen molar-refractivity contribution in [2.75, 3.05) is 0 Å². The van der Waals surface area contributed by atoms with Gasteiger partial charge in [-0.05, 0) is 40.2 Å². The van der Waals surface area contributed by atoms with Gasteiger partial charge in [-0.25, -0.2) is 5.43 Å². The van der Waals surface area contributed by atoms with Crippen LogP contribution in [-0.4, -0.2) is 17.2 Å². The number of benzene rings is 1. The first-order valence-electron chi connectivity index (χ1n) is 5.24. The summed E-state index contributed by atoms with van der Waals surface area (Å²) in [5, 5.41) is 13.8. The molecule has 0 saturated carbocycles. The minimum atomic E-state index is -0.528. The lowest BCUT2D eigenvalue weighted by molar-refractivity contribution is 0.0926. The van der Waals surface area contributed by atoms with Gasteiger partial charge in [-0.1, -0.05) is 23.2 Å². The third-order valence-corrected chi connectivity index (χ3v) is 3.16. The molecule has 0 aliphatic heterocycles. The molecule has 0 spiro atoms. The van der Waals surface area contributed by atoms with Crippen molar-refractivity contribution < 1.29 is 14.3 Å². The highest BCUT2D eigenvalue weighted by Gasteiger charge is 2.09. The van der Waals surface area contributed by atoms with E-state index < -0.39 is 5.91 Å². The van der Waals surface area contributed by atoms with Crippen molar-refractivity contribution in [3.63, 3.8) is 0 Å². The maximum atomic E-state index is 11.6. The first-order valence-corrected chi connectivity index (χ1v) is 6.79. The van der Waals surface area contributed by atoms with E-state index in [4.69, 9.17) is 27.6 Å². The number of carbonyl (C=O) groups excluding carboxylic acids is 1. The summed E-state index contributed by atoms with van der Waals surface area (Å²) in [6, 6.07) is 5.93. The lowest BCUT2D eigenvalue weighted by atomic mass is 10.2. The number of aromatic hydroxyl groups is 1. The topological polar surface area (TPSA) is 74.8 Å². The number of rotatable bonds is 3. The smallest absolute Gasteiger partial charge is 0.307 e. The second kappa shape index (κ2) is 6.30. The van der Waals surface area contributed by atoms with Gasteiger partial charge < -0.3 is 9.52 Å². The van der Waals surface area contributed by atoms with Crippen molar-refractivity contribution in [1.82, 2.24) is 5.43 Å². The Balaban J connectivity index is 2.09. The van der Waals surface area contributed by atoms with E-state index in [-0.39, 0.29) is 22.1 Å². The number of amides is 1. The quantitative estimate of drug-likeness (QED) is 0.630. The number of hydrazone groups is 1. The molecule has 0 aliphatic rings. The van der Waals surface area contributed by atoms with E-state index in [1.807, 2.05) is 0 Å². The van der Waals surface area contributed by atoms with Crippen LogP contribution in [0.1, 0.15) is 16.1 Å². The van der Waals surface area contributed by atoms with Gasteiger partial charge in [0.2, 0.25) is 0 Å². The molecule has 2 aromatic rings. The predicted octanol–water partition coefficient (Wildman–Crippen LogP) is 3.82. The van der Waals surface area contributed by atoms with E-state index in [1.165, 1.54) is 24.4 Å². The molecule has 1 heterocycles. The third-order valence-electron chi connectivity index (χ3n) is 2.22. The van der Waals surface area contributed by atoms with Crippen molar-refractivity contribution in [1.29, 1.82) is 0 Å². The molecule has 1 amide bonds. The lowest BCUT2D eigenvalue weighted by Crippen LogP contribution is -2.16. The predicted molar refractivity (Wildman–Crippen MR) is 79.6 cm³/mol. The van der Waals surface area contributed by atoms with Gasteiger partial charge in [-0.2, -0.15) is 5.10 Å². The fourth-order valence-corrected chi connectivity index (χ4v) is 2.15. The highest BCUT2D eigenvalue weighted by molar-refractivity contribution is 9.10. The number of nitrogens with one attached hydrogen (secondary N) is 1. The van der Waals surface area contributed by atoms with Gasteiger partial charge in [0.1, 0.15) is 5.75 Å². The van der Waals surface area contributed by atoms with Crippen LogP contribution in [0.3, 0.4) is 0 Å². The average molecular weight is 378 g/mol. The SMILES string of the molecule is O=C(N/N=C\c1cc(Cl)cc(Cl)c1O)c1ccc(Br)o1. The molecule has 0 aliphatic carbocycles. The van der Waals surface area contributed by atoms with E-state index in [9.17, 15) is 9.90 Å². The number of carbonyl (C=O) groups is 1. The monoisotopic (exact) mass is 376 g/mol. The van der Waals surface area contributed by atoms with Crippen molar-refractivity contribution in [3.8, 4) is 5.75 Å². The van der Waals surface area contributed by atoms with Gasteiger partial charge in [0.25, 0.3) is 0 Å². The van der Waals surface area contributed by atoms with Crippen molar-refractivity contribution in [2.24, 2.45) is 5.10 Å². The highest BCUT2D eigenvalue weighted by Crippen LogP contribution is 2.29. The van der Waals surface area contributed by atoms with Crippen LogP contribution in [0.5, 0.6) is 5.75 Å². The van der Waals surface area contributed by atoms with Crippen LogP contribution >= 0.6 is 39.1 Å². The van der Waals surface area contributed by atoms with Gasteiger partial charge in [-0.3, -0.25) is 4.79 Å². The minimum Gasteiger partial charge on any atom is -0.506 e. The number of hydrogen-bond donors (Lipinski definition) is 2. The standard InChI is InChI=1S/C12H7BrCl2N2O3/c13-10-2-1-9(20-10)12(19)17-16-5-6-3-7(14)4-8(15)11(6)18/h1-5,18H,(H,17,19)/b16-5-. The van der Waals surface area contributed by atoms with E-state index >= 15 is 0 Å². The Labute approximate surface area is 132 Å².